The third-order valence-corrected chi connectivity index (χ3v) is 2.44. The fourth-order valence-electron chi connectivity index (χ4n) is 1.35. The van der Waals surface area contributed by atoms with E-state index in [4.69, 9.17) is 16.3 Å². The van der Waals surface area contributed by atoms with Gasteiger partial charge in [0, 0.05) is 24.2 Å². The smallest absolute Gasteiger partial charge is 0.311 e. The number of hydrogen-bond acceptors (Lipinski definition) is 6. The van der Waals surface area contributed by atoms with Gasteiger partial charge in [-0.3, -0.25) is 15.1 Å². The Morgan fingerprint density at radius 1 is 1.42 bits per heavy atom. The second-order valence-corrected chi connectivity index (χ2v) is 3.90. The van der Waals surface area contributed by atoms with E-state index in [0.29, 0.717) is 10.8 Å². The highest BCUT2D eigenvalue weighted by Crippen LogP contribution is 2.32. The molecule has 0 aliphatic rings. The zero-order chi connectivity index (χ0) is 13.8. The first-order valence-corrected chi connectivity index (χ1v) is 5.59. The van der Waals surface area contributed by atoms with E-state index in [1.54, 1.807) is 7.05 Å². The summed E-state index contributed by atoms with van der Waals surface area (Å²) in [7, 11) is 1.68. The first-order valence-electron chi connectivity index (χ1n) is 5.21. The van der Waals surface area contributed by atoms with Crippen LogP contribution in [-0.4, -0.2) is 21.9 Å². The van der Waals surface area contributed by atoms with E-state index >= 15 is 0 Å². The van der Waals surface area contributed by atoms with Gasteiger partial charge in [0.25, 0.3) is 0 Å². The van der Waals surface area contributed by atoms with E-state index in [1.807, 2.05) is 0 Å². The van der Waals surface area contributed by atoms with E-state index in [1.165, 1.54) is 30.6 Å². The molecule has 8 heteroatoms. The molecule has 1 aromatic heterocycles. The normalized spacial score (nSPS) is 10.0. The van der Waals surface area contributed by atoms with Crippen molar-refractivity contribution in [2.24, 2.45) is 0 Å². The molecule has 0 fully saturated rings. The summed E-state index contributed by atoms with van der Waals surface area (Å²) in [6.45, 7) is 0. The van der Waals surface area contributed by atoms with Crippen LogP contribution in [0.3, 0.4) is 0 Å². The summed E-state index contributed by atoms with van der Waals surface area (Å²) >= 11 is 5.80. The summed E-state index contributed by atoms with van der Waals surface area (Å²) in [5.74, 6) is 0.638. The average molecular weight is 281 g/mol. The van der Waals surface area contributed by atoms with Crippen molar-refractivity contribution >= 4 is 23.1 Å². The molecule has 1 aromatic carbocycles. The summed E-state index contributed by atoms with van der Waals surface area (Å²) in [6, 6.07) is 4.04. The van der Waals surface area contributed by atoms with E-state index in [0.717, 1.165) is 0 Å². The number of nitro benzene ring substituents is 1. The van der Waals surface area contributed by atoms with Crippen molar-refractivity contribution in [1.82, 2.24) is 9.97 Å². The van der Waals surface area contributed by atoms with Crippen LogP contribution in [0, 0.1) is 10.1 Å². The largest absolute Gasteiger partial charge is 0.430 e. The van der Waals surface area contributed by atoms with Crippen molar-refractivity contribution in [2.75, 3.05) is 12.4 Å². The van der Waals surface area contributed by atoms with E-state index < -0.39 is 4.92 Å². The lowest BCUT2D eigenvalue weighted by molar-refractivity contribution is -0.385. The summed E-state index contributed by atoms with van der Waals surface area (Å²) in [4.78, 5) is 18.3. The third kappa shape index (κ3) is 3.08. The number of nitrogens with one attached hydrogen (secondary N) is 1. The number of anilines is 1. The molecule has 1 N–H and O–H groups in total. The highest BCUT2D eigenvalue weighted by atomic mass is 35.5. The molecule has 1 heterocycles. The summed E-state index contributed by atoms with van der Waals surface area (Å²) in [5.41, 5.74) is -0.193. The van der Waals surface area contributed by atoms with Crippen molar-refractivity contribution in [2.45, 2.75) is 0 Å². The zero-order valence-corrected chi connectivity index (χ0v) is 10.6. The molecule has 0 unspecified atom stereocenters. The lowest BCUT2D eigenvalue weighted by Gasteiger charge is -2.06. The van der Waals surface area contributed by atoms with Crippen LogP contribution >= 0.6 is 11.6 Å². The Morgan fingerprint density at radius 3 is 2.89 bits per heavy atom. The molecular weight excluding hydrogens is 272 g/mol. The number of rotatable bonds is 4. The van der Waals surface area contributed by atoms with Crippen molar-refractivity contribution in [3.63, 3.8) is 0 Å². The third-order valence-electron chi connectivity index (χ3n) is 2.20. The highest BCUT2D eigenvalue weighted by Gasteiger charge is 2.16. The van der Waals surface area contributed by atoms with Gasteiger partial charge in [0.2, 0.25) is 11.6 Å². The van der Waals surface area contributed by atoms with Gasteiger partial charge >= 0.3 is 5.69 Å². The quantitative estimate of drug-likeness (QED) is 0.684. The Morgan fingerprint density at radius 2 is 2.21 bits per heavy atom. The maximum atomic E-state index is 10.9. The minimum Gasteiger partial charge on any atom is -0.430 e. The van der Waals surface area contributed by atoms with Crippen molar-refractivity contribution in [3.8, 4) is 11.6 Å². The number of benzene rings is 1. The van der Waals surface area contributed by atoms with E-state index in [2.05, 4.69) is 15.3 Å². The van der Waals surface area contributed by atoms with Gasteiger partial charge in [0.15, 0.2) is 0 Å². The summed E-state index contributed by atoms with van der Waals surface area (Å²) in [6.07, 6.45) is 2.85. The van der Waals surface area contributed by atoms with Crippen LogP contribution in [0.1, 0.15) is 0 Å². The van der Waals surface area contributed by atoms with Crippen molar-refractivity contribution in [3.05, 3.63) is 45.7 Å². The van der Waals surface area contributed by atoms with Crippen LogP contribution in [0.2, 0.25) is 5.02 Å². The van der Waals surface area contributed by atoms with Gasteiger partial charge in [-0.25, -0.2) is 0 Å². The number of halogens is 1. The molecule has 0 aliphatic heterocycles. The maximum absolute atomic E-state index is 10.9. The SMILES string of the molecule is CNc1cncc(Oc2cc(Cl)ccc2[N+](=O)[O-])n1. The molecule has 0 amide bonds. The Bertz CT molecular complexity index is 621. The first kappa shape index (κ1) is 13.0. The highest BCUT2D eigenvalue weighted by molar-refractivity contribution is 6.30. The number of hydrogen-bond donors (Lipinski definition) is 1. The predicted octanol–water partition coefficient (Wildman–Crippen LogP) is 2.87. The average Bonchev–Trinajstić information content (AvgIpc) is 2.38. The number of nitro groups is 1. The first-order chi connectivity index (χ1) is 9.10. The predicted molar refractivity (Wildman–Crippen MR) is 69.8 cm³/mol. The van der Waals surface area contributed by atoms with Gasteiger partial charge in [0.1, 0.15) is 5.82 Å². The lowest BCUT2D eigenvalue weighted by Crippen LogP contribution is -1.98. The summed E-state index contributed by atoms with van der Waals surface area (Å²) in [5, 5.41) is 14.0. The molecule has 0 bridgehead atoms. The molecule has 0 aliphatic carbocycles. The monoisotopic (exact) mass is 280 g/mol. The lowest BCUT2D eigenvalue weighted by atomic mass is 10.3. The molecule has 0 spiro atoms. The molecule has 0 atom stereocenters. The Balaban J connectivity index is 2.36. The molecular formula is C11H9ClN4O3. The Kier molecular flexibility index (Phi) is 3.76. The van der Waals surface area contributed by atoms with E-state index in [-0.39, 0.29) is 17.3 Å². The molecule has 98 valence electrons. The van der Waals surface area contributed by atoms with Gasteiger partial charge in [-0.1, -0.05) is 11.6 Å². The number of ether oxygens (including phenoxy) is 1. The van der Waals surface area contributed by atoms with Crippen LogP contribution in [0.15, 0.2) is 30.6 Å². The second-order valence-electron chi connectivity index (χ2n) is 3.46. The second kappa shape index (κ2) is 5.49. The van der Waals surface area contributed by atoms with Gasteiger partial charge < -0.3 is 10.1 Å². The molecule has 0 saturated heterocycles. The van der Waals surface area contributed by atoms with Crippen LogP contribution in [0.4, 0.5) is 11.5 Å². The van der Waals surface area contributed by atoms with Gasteiger partial charge in [-0.2, -0.15) is 4.98 Å². The van der Waals surface area contributed by atoms with Gasteiger partial charge in [-0.15, -0.1) is 0 Å². The Labute approximate surface area is 113 Å². The maximum Gasteiger partial charge on any atom is 0.311 e. The van der Waals surface area contributed by atoms with Crippen LogP contribution in [-0.2, 0) is 0 Å². The topological polar surface area (TPSA) is 90.2 Å². The fourth-order valence-corrected chi connectivity index (χ4v) is 1.51. The van der Waals surface area contributed by atoms with Crippen LogP contribution < -0.4 is 10.1 Å². The van der Waals surface area contributed by atoms with Crippen molar-refractivity contribution in [1.29, 1.82) is 0 Å². The zero-order valence-electron chi connectivity index (χ0n) is 9.83. The number of nitrogens with zero attached hydrogens (tertiary/aromatic N) is 3. The molecule has 7 nitrogen and oxygen atoms in total. The minimum atomic E-state index is -0.555. The fraction of sp³-hybridized carbons (Fsp3) is 0.0909. The molecule has 2 aromatic rings. The molecule has 0 saturated carbocycles. The van der Waals surface area contributed by atoms with Crippen LogP contribution in [0.25, 0.3) is 0 Å². The standard InChI is InChI=1S/C11H9ClN4O3/c1-13-10-5-14-6-11(15-10)19-9-4-7(12)2-3-8(9)16(17)18/h2-6H,1H3,(H,13,15). The Hall–Kier alpha value is -2.41. The summed E-state index contributed by atoms with van der Waals surface area (Å²) < 4.78 is 5.35. The van der Waals surface area contributed by atoms with E-state index in [9.17, 15) is 10.1 Å². The number of aromatic nitrogens is 2. The molecule has 19 heavy (non-hydrogen) atoms. The van der Waals surface area contributed by atoms with Gasteiger partial charge in [0.05, 0.1) is 17.3 Å². The minimum absolute atomic E-state index is 0.0139. The van der Waals surface area contributed by atoms with Gasteiger partial charge in [-0.05, 0) is 6.07 Å². The molecule has 2 rings (SSSR count). The van der Waals surface area contributed by atoms with Crippen LogP contribution in [0.5, 0.6) is 11.6 Å². The van der Waals surface area contributed by atoms with Crippen molar-refractivity contribution < 1.29 is 9.66 Å². The molecule has 0 radical (unpaired) electrons.